The number of nitrogens with zero attached hydrogens (tertiary/aromatic N) is 5. The van der Waals surface area contributed by atoms with Crippen molar-refractivity contribution < 1.29 is 9.53 Å². The molecule has 4 aromatic rings. The molecule has 0 saturated carbocycles. The predicted octanol–water partition coefficient (Wildman–Crippen LogP) is 3.20. The lowest BCUT2D eigenvalue weighted by Gasteiger charge is -2.35. The molecule has 1 saturated heterocycles. The number of fused-ring (bicyclic) bond motifs is 1. The lowest BCUT2D eigenvalue weighted by Crippen LogP contribution is -2.51. The number of anilines is 2. The van der Waals surface area contributed by atoms with E-state index in [4.69, 9.17) is 4.74 Å². The highest BCUT2D eigenvalue weighted by Crippen LogP contribution is 2.19. The Hall–Kier alpha value is -4.40. The van der Waals surface area contributed by atoms with Crippen LogP contribution in [0.1, 0.15) is 5.56 Å². The number of urea groups is 1. The second-order valence-electron chi connectivity index (χ2n) is 8.29. The van der Waals surface area contributed by atoms with E-state index in [9.17, 15) is 9.59 Å². The summed E-state index contributed by atoms with van der Waals surface area (Å²) in [4.78, 5) is 39.1. The van der Waals surface area contributed by atoms with Gasteiger partial charge in [-0.15, -0.1) is 0 Å². The highest BCUT2D eigenvalue weighted by molar-refractivity contribution is 5.89. The molecule has 0 spiro atoms. The summed E-state index contributed by atoms with van der Waals surface area (Å²) in [5.74, 6) is 1.06. The highest BCUT2D eigenvalue weighted by Gasteiger charge is 2.25. The number of hydrogen-bond donors (Lipinski definition) is 1. The predicted molar refractivity (Wildman–Crippen MR) is 135 cm³/mol. The third-order valence-electron chi connectivity index (χ3n) is 6.06. The number of amides is 2. The van der Waals surface area contributed by atoms with Crippen molar-refractivity contribution in [3.8, 4) is 5.75 Å². The molecule has 35 heavy (non-hydrogen) atoms. The summed E-state index contributed by atoms with van der Waals surface area (Å²) in [6.45, 7) is 2.36. The molecule has 0 bridgehead atoms. The van der Waals surface area contributed by atoms with Crippen LogP contribution < -0.4 is 20.5 Å². The first kappa shape index (κ1) is 22.4. The van der Waals surface area contributed by atoms with Crippen molar-refractivity contribution in [2.24, 2.45) is 0 Å². The van der Waals surface area contributed by atoms with Gasteiger partial charge in [-0.2, -0.15) is 0 Å². The normalized spacial score (nSPS) is 13.6. The van der Waals surface area contributed by atoms with Gasteiger partial charge in [0.15, 0.2) is 11.5 Å². The quantitative estimate of drug-likeness (QED) is 0.482. The van der Waals surface area contributed by atoms with Crippen molar-refractivity contribution in [1.82, 2.24) is 19.4 Å². The highest BCUT2D eigenvalue weighted by atomic mass is 16.5. The van der Waals surface area contributed by atoms with E-state index in [0.717, 1.165) is 5.56 Å². The zero-order valence-corrected chi connectivity index (χ0v) is 19.4. The average molecular weight is 471 g/mol. The first-order valence-corrected chi connectivity index (χ1v) is 11.5. The van der Waals surface area contributed by atoms with Crippen LogP contribution in [0.4, 0.5) is 16.3 Å². The van der Waals surface area contributed by atoms with E-state index < -0.39 is 0 Å². The Morgan fingerprint density at radius 3 is 2.57 bits per heavy atom. The summed E-state index contributed by atoms with van der Waals surface area (Å²) in [6.07, 6.45) is 1.67. The van der Waals surface area contributed by atoms with Crippen LogP contribution in [0.25, 0.3) is 11.2 Å². The Balaban J connectivity index is 1.34. The van der Waals surface area contributed by atoms with Crippen LogP contribution in [0.15, 0.2) is 77.7 Å². The number of pyridine rings is 1. The maximum Gasteiger partial charge on any atom is 0.321 e. The molecule has 3 heterocycles. The molecule has 0 aliphatic carbocycles. The number of piperazine rings is 1. The van der Waals surface area contributed by atoms with Gasteiger partial charge in [0.25, 0.3) is 5.56 Å². The Kier molecular flexibility index (Phi) is 6.30. The third-order valence-corrected chi connectivity index (χ3v) is 6.06. The number of ether oxygens (including phenoxy) is 1. The lowest BCUT2D eigenvalue weighted by atomic mass is 10.2. The summed E-state index contributed by atoms with van der Waals surface area (Å²) in [5.41, 5.74) is 2.72. The van der Waals surface area contributed by atoms with E-state index >= 15 is 0 Å². The fraction of sp³-hybridized carbons (Fsp3) is 0.231. The minimum atomic E-state index is -0.186. The summed E-state index contributed by atoms with van der Waals surface area (Å²) < 4.78 is 6.89. The van der Waals surface area contributed by atoms with Crippen LogP contribution >= 0.6 is 0 Å². The number of benzene rings is 2. The van der Waals surface area contributed by atoms with Crippen LogP contribution in [-0.2, 0) is 6.54 Å². The van der Waals surface area contributed by atoms with Crippen molar-refractivity contribution in [3.63, 3.8) is 0 Å². The van der Waals surface area contributed by atoms with Crippen molar-refractivity contribution in [1.29, 1.82) is 0 Å². The monoisotopic (exact) mass is 470 g/mol. The number of methoxy groups -OCH3 is 1. The summed E-state index contributed by atoms with van der Waals surface area (Å²) in [7, 11) is 1.59. The van der Waals surface area contributed by atoms with E-state index in [1.165, 1.54) is 0 Å². The number of carbonyl (C=O) groups excluding carboxylic acids is 1. The molecule has 1 N–H and O–H groups in total. The van der Waals surface area contributed by atoms with Gasteiger partial charge in [-0.3, -0.25) is 9.36 Å². The topological polar surface area (TPSA) is 92.6 Å². The zero-order valence-electron chi connectivity index (χ0n) is 19.4. The fourth-order valence-corrected chi connectivity index (χ4v) is 4.21. The molecule has 0 unspecified atom stereocenters. The lowest BCUT2D eigenvalue weighted by molar-refractivity contribution is 0.208. The van der Waals surface area contributed by atoms with E-state index in [0.29, 0.717) is 61.1 Å². The van der Waals surface area contributed by atoms with Gasteiger partial charge in [-0.1, -0.05) is 36.4 Å². The van der Waals surface area contributed by atoms with Crippen molar-refractivity contribution in [2.45, 2.75) is 6.54 Å². The summed E-state index contributed by atoms with van der Waals surface area (Å²) in [6, 6.07) is 20.6. The Morgan fingerprint density at radius 2 is 1.80 bits per heavy atom. The Labute approximate surface area is 202 Å². The third kappa shape index (κ3) is 4.79. The van der Waals surface area contributed by atoms with Crippen molar-refractivity contribution >= 4 is 28.7 Å². The van der Waals surface area contributed by atoms with Crippen LogP contribution in [0.5, 0.6) is 5.75 Å². The maximum absolute atomic E-state index is 13.5. The van der Waals surface area contributed by atoms with E-state index in [2.05, 4.69) is 15.3 Å². The zero-order chi connectivity index (χ0) is 24.2. The van der Waals surface area contributed by atoms with E-state index in [1.807, 2.05) is 65.6 Å². The molecule has 2 amide bonds. The molecule has 5 rings (SSSR count). The molecule has 2 aromatic carbocycles. The summed E-state index contributed by atoms with van der Waals surface area (Å²) in [5, 5.41) is 2.91. The van der Waals surface area contributed by atoms with E-state index in [-0.39, 0.29) is 11.6 Å². The van der Waals surface area contributed by atoms with Crippen molar-refractivity contribution in [3.05, 3.63) is 88.8 Å². The number of aromatic nitrogens is 3. The molecule has 178 valence electrons. The minimum absolute atomic E-state index is 0.185. The van der Waals surface area contributed by atoms with E-state index in [1.54, 1.807) is 28.8 Å². The van der Waals surface area contributed by atoms with Gasteiger partial charge >= 0.3 is 6.03 Å². The number of hydrogen-bond acceptors (Lipinski definition) is 6. The molecule has 1 fully saturated rings. The first-order valence-electron chi connectivity index (χ1n) is 11.5. The minimum Gasteiger partial charge on any atom is -0.497 e. The van der Waals surface area contributed by atoms with Crippen LogP contribution in [0, 0.1) is 0 Å². The van der Waals surface area contributed by atoms with Gasteiger partial charge in [0.05, 0.1) is 13.7 Å². The largest absolute Gasteiger partial charge is 0.497 e. The molecule has 0 atom stereocenters. The molecule has 0 radical (unpaired) electrons. The molecule has 9 heteroatoms. The van der Waals surface area contributed by atoms with Crippen molar-refractivity contribution in [2.75, 3.05) is 43.5 Å². The standard InChI is InChI=1S/C26H26N6O3/c1-35-21-10-5-9-20(17-21)28-26(34)31-15-13-30(14-16-31)24-25(33)32(18-19-7-3-2-4-8-19)23-22(29-24)11-6-12-27-23/h2-12,17H,13-16,18H2,1H3,(H,28,34). The first-order chi connectivity index (χ1) is 17.1. The molecular weight excluding hydrogens is 444 g/mol. The summed E-state index contributed by atoms with van der Waals surface area (Å²) >= 11 is 0. The Morgan fingerprint density at radius 1 is 1.00 bits per heavy atom. The second-order valence-corrected chi connectivity index (χ2v) is 8.29. The number of nitrogens with one attached hydrogen (secondary N) is 1. The molecule has 1 aliphatic heterocycles. The average Bonchev–Trinajstić information content (AvgIpc) is 2.91. The molecule has 2 aromatic heterocycles. The SMILES string of the molecule is COc1cccc(NC(=O)N2CCN(c3nc4cccnc4n(Cc4ccccc4)c3=O)CC2)c1. The van der Waals surface area contributed by atoms with Gasteiger partial charge in [-0.25, -0.2) is 14.8 Å². The molecular formula is C26H26N6O3. The van der Waals surface area contributed by atoms with Gasteiger partial charge in [-0.05, 0) is 29.8 Å². The second kappa shape index (κ2) is 9.84. The van der Waals surface area contributed by atoms with Gasteiger partial charge < -0.3 is 19.9 Å². The van der Waals surface area contributed by atoms with Gasteiger partial charge in [0.1, 0.15) is 11.3 Å². The smallest absolute Gasteiger partial charge is 0.321 e. The molecule has 1 aliphatic rings. The fourth-order valence-electron chi connectivity index (χ4n) is 4.21. The van der Waals surface area contributed by atoms with Gasteiger partial charge in [0, 0.05) is 44.1 Å². The number of rotatable bonds is 5. The van der Waals surface area contributed by atoms with Crippen LogP contribution in [-0.4, -0.2) is 58.8 Å². The van der Waals surface area contributed by atoms with Crippen LogP contribution in [0.3, 0.4) is 0 Å². The maximum atomic E-state index is 13.5. The Bertz CT molecular complexity index is 1400. The van der Waals surface area contributed by atoms with Crippen LogP contribution in [0.2, 0.25) is 0 Å². The number of carbonyl (C=O) groups is 1. The molecule has 9 nitrogen and oxygen atoms in total. The van der Waals surface area contributed by atoms with Gasteiger partial charge in [0.2, 0.25) is 0 Å².